The molecular formula is C68H42B2N6S. The quantitative estimate of drug-likeness (QED) is 0.160. The first-order chi connectivity index (χ1) is 38.1. The van der Waals surface area contributed by atoms with Crippen molar-refractivity contribution < 1.29 is 0 Å². The third kappa shape index (κ3) is 4.84. The van der Waals surface area contributed by atoms with Crippen LogP contribution in [0.4, 0.5) is 91.0 Å². The molecule has 0 radical (unpaired) electrons. The molecule has 0 atom stereocenters. The lowest BCUT2D eigenvalue weighted by atomic mass is 9.30. The Balaban J connectivity index is 0.986. The molecule has 1 aromatic heterocycles. The predicted octanol–water partition coefficient (Wildman–Crippen LogP) is 14.0. The van der Waals surface area contributed by atoms with E-state index < -0.39 is 0 Å². The normalized spacial score (nSPS) is 14.7. The first-order valence-electron chi connectivity index (χ1n) is 26.8. The lowest BCUT2D eigenvalue weighted by molar-refractivity contribution is 1.13. The number of hydrogen-bond acceptors (Lipinski definition) is 7. The van der Waals surface area contributed by atoms with E-state index in [0.29, 0.717) is 0 Å². The highest BCUT2D eigenvalue weighted by Crippen LogP contribution is 2.66. The summed E-state index contributed by atoms with van der Waals surface area (Å²) in [4.78, 5) is 18.1. The summed E-state index contributed by atoms with van der Waals surface area (Å²) >= 11 is 1.93. The molecule has 0 N–H and O–H groups in total. The van der Waals surface area contributed by atoms with E-state index in [1.165, 1.54) is 166 Å². The minimum absolute atomic E-state index is 0.0602. The lowest BCUT2D eigenvalue weighted by Gasteiger charge is -2.53. The fourth-order valence-corrected chi connectivity index (χ4v) is 16.5. The maximum absolute atomic E-state index is 2.74. The topological polar surface area (TPSA) is 19.4 Å². The highest BCUT2D eigenvalue weighted by Gasteiger charge is 2.55. The van der Waals surface area contributed by atoms with Crippen LogP contribution in [-0.4, -0.2) is 27.5 Å². The van der Waals surface area contributed by atoms with Crippen molar-refractivity contribution in [3.05, 3.63) is 218 Å². The zero-order valence-electron chi connectivity index (χ0n) is 42.0. The molecule has 6 nitrogen and oxygen atoms in total. The Labute approximate surface area is 450 Å². The van der Waals surface area contributed by atoms with Crippen LogP contribution in [0.5, 0.6) is 0 Å². The summed E-state index contributed by atoms with van der Waals surface area (Å²) in [6, 6.07) is 82.8. The number of anilines is 16. The van der Waals surface area contributed by atoms with Gasteiger partial charge in [0.25, 0.3) is 13.4 Å². The number of thiophene rings is 1. The molecule has 0 unspecified atom stereocenters. The fourth-order valence-electron chi connectivity index (χ4n) is 15.2. The van der Waals surface area contributed by atoms with Gasteiger partial charge in [0.05, 0.1) is 78.0 Å². The molecule has 11 aromatic carbocycles. The lowest BCUT2D eigenvalue weighted by Crippen LogP contribution is -2.65. The Morgan fingerprint density at radius 1 is 0.286 bits per heavy atom. The van der Waals surface area contributed by atoms with Gasteiger partial charge in [-0.25, -0.2) is 0 Å². The number of hydrogen-bond donors (Lipinski definition) is 0. The minimum atomic E-state index is -0.0602. The van der Waals surface area contributed by atoms with Gasteiger partial charge in [-0.2, -0.15) is 0 Å². The third-order valence-corrected chi connectivity index (χ3v) is 19.3. The van der Waals surface area contributed by atoms with Crippen LogP contribution in [0.1, 0.15) is 0 Å². The van der Waals surface area contributed by atoms with E-state index in [-0.39, 0.29) is 13.4 Å². The van der Waals surface area contributed by atoms with Gasteiger partial charge in [0, 0.05) is 47.6 Å². The molecule has 9 heteroatoms. The average molecular weight is 997 g/mol. The van der Waals surface area contributed by atoms with Gasteiger partial charge >= 0.3 is 0 Å². The second kappa shape index (κ2) is 14.3. The van der Waals surface area contributed by atoms with Crippen LogP contribution in [-0.2, 0) is 0 Å². The minimum Gasteiger partial charge on any atom is -0.341 e. The van der Waals surface area contributed by atoms with Crippen LogP contribution >= 0.6 is 11.3 Å². The van der Waals surface area contributed by atoms with E-state index in [1.807, 2.05) is 11.3 Å². The Morgan fingerprint density at radius 3 is 1.08 bits per heavy atom. The first-order valence-corrected chi connectivity index (χ1v) is 27.6. The second-order valence-electron chi connectivity index (χ2n) is 21.6. The summed E-state index contributed by atoms with van der Waals surface area (Å²) in [7, 11) is 4.53. The Hall–Kier alpha value is -9.43. The SMILES string of the molecule is CN1c2ccccc2N2c3cccc4c3B(c3ccc5c6c3N4c3c(-c4ccccc4)sc(-c4ccccc4)c3N6c3cccc4c3B5c3cc5ccccc5c5c3N4c3ccccc3N5C)c3cc4ccccc4c1c32. The third-order valence-electron chi connectivity index (χ3n) is 18.1. The van der Waals surface area contributed by atoms with Gasteiger partial charge in [-0.3, -0.25) is 0 Å². The largest absolute Gasteiger partial charge is 0.341 e. The number of nitrogens with zero attached hydrogens (tertiary/aromatic N) is 6. The van der Waals surface area contributed by atoms with Crippen LogP contribution in [0.2, 0.25) is 0 Å². The molecule has 77 heavy (non-hydrogen) atoms. The Bertz CT molecular complexity index is 4390. The molecule has 7 aliphatic rings. The Morgan fingerprint density at radius 2 is 0.636 bits per heavy atom. The maximum atomic E-state index is 2.74. The van der Waals surface area contributed by atoms with Crippen LogP contribution in [0.15, 0.2) is 218 Å². The Kier molecular flexibility index (Phi) is 7.58. The summed E-state index contributed by atoms with van der Waals surface area (Å²) in [5.41, 5.74) is 30.2. The van der Waals surface area contributed by atoms with Gasteiger partial charge in [0.15, 0.2) is 0 Å². The number of benzene rings is 11. The van der Waals surface area contributed by atoms with Crippen molar-refractivity contribution in [2.75, 3.05) is 43.5 Å². The van der Waals surface area contributed by atoms with Crippen LogP contribution < -0.4 is 62.2 Å². The maximum Gasteiger partial charge on any atom is 0.252 e. The van der Waals surface area contributed by atoms with Gasteiger partial charge in [-0.1, -0.05) is 170 Å². The second-order valence-corrected chi connectivity index (χ2v) is 22.6. The van der Waals surface area contributed by atoms with Crippen LogP contribution in [0.3, 0.4) is 0 Å². The van der Waals surface area contributed by atoms with Gasteiger partial charge in [0.2, 0.25) is 0 Å². The van der Waals surface area contributed by atoms with E-state index in [9.17, 15) is 0 Å². The van der Waals surface area contributed by atoms with Gasteiger partial charge in [-0.05, 0) is 103 Å². The summed E-state index contributed by atoms with van der Waals surface area (Å²) in [6.07, 6.45) is 0. The fraction of sp³-hybridized carbons (Fsp3) is 0.0294. The highest BCUT2D eigenvalue weighted by atomic mass is 32.1. The molecule has 0 amide bonds. The van der Waals surface area contributed by atoms with Gasteiger partial charge in [-0.15, -0.1) is 11.3 Å². The highest BCUT2D eigenvalue weighted by molar-refractivity contribution is 7.20. The molecule has 8 heterocycles. The summed E-state index contributed by atoms with van der Waals surface area (Å²) in [6.45, 7) is -0.120. The smallest absolute Gasteiger partial charge is 0.252 e. The van der Waals surface area contributed by atoms with Crippen molar-refractivity contribution in [2.45, 2.75) is 0 Å². The van der Waals surface area contributed by atoms with E-state index in [0.717, 1.165) is 0 Å². The molecule has 0 bridgehead atoms. The van der Waals surface area contributed by atoms with Crippen molar-refractivity contribution in [3.8, 4) is 20.9 Å². The van der Waals surface area contributed by atoms with Gasteiger partial charge < -0.3 is 29.4 Å². The van der Waals surface area contributed by atoms with Crippen LogP contribution in [0.25, 0.3) is 42.4 Å². The molecule has 12 aromatic rings. The monoisotopic (exact) mass is 996 g/mol. The van der Waals surface area contributed by atoms with E-state index in [1.54, 1.807) is 0 Å². The van der Waals surface area contributed by atoms with Crippen molar-refractivity contribution in [1.82, 2.24) is 0 Å². The number of fused-ring (bicyclic) bond motifs is 19. The van der Waals surface area contributed by atoms with E-state index in [4.69, 9.17) is 0 Å². The summed E-state index contributed by atoms with van der Waals surface area (Å²) in [5, 5.41) is 5.03. The molecule has 0 aliphatic carbocycles. The van der Waals surface area contributed by atoms with Crippen molar-refractivity contribution in [2.24, 2.45) is 0 Å². The first kappa shape index (κ1) is 40.9. The molecule has 7 aliphatic heterocycles. The standard InChI is InChI=1S/C68H42B2N6S/c1-71-49-27-13-15-29-51(49)73-53-31-17-33-55-57(53)69(47-37-41-23-9-11-25-43(41)59(71)63(47)73)45-35-36-46-62-61(45)75(55)65-66(68(40-21-7-4-8-22-40)77-67(65)39-19-5-3-6-20-39)76(62)56-34-18-32-54-58(56)70(46)48-38-42-24-10-12-26-44(42)60-64(48)74(54)52-30-16-14-28-50(52)72(60)2/h3-38H,1-2H3. The van der Waals surface area contributed by atoms with Crippen molar-refractivity contribution in [3.63, 3.8) is 0 Å². The zero-order valence-corrected chi connectivity index (χ0v) is 42.8. The van der Waals surface area contributed by atoms with E-state index in [2.05, 4.69) is 262 Å². The number of para-hydroxylation sites is 4. The number of rotatable bonds is 2. The molecule has 19 rings (SSSR count). The van der Waals surface area contributed by atoms with Crippen LogP contribution in [0, 0.1) is 0 Å². The van der Waals surface area contributed by atoms with Crippen molar-refractivity contribution in [1.29, 1.82) is 0 Å². The summed E-state index contributed by atoms with van der Waals surface area (Å²) < 4.78 is 0. The zero-order chi connectivity index (χ0) is 50.1. The van der Waals surface area contributed by atoms with E-state index >= 15 is 0 Å². The summed E-state index contributed by atoms with van der Waals surface area (Å²) in [5.74, 6) is 0. The van der Waals surface area contributed by atoms with Gasteiger partial charge in [0.1, 0.15) is 0 Å². The molecule has 0 fully saturated rings. The molecule has 356 valence electrons. The molecular weight excluding hydrogens is 954 g/mol. The average Bonchev–Trinajstić information content (AvgIpc) is 4.11. The molecule has 0 saturated heterocycles. The molecule has 0 saturated carbocycles. The molecule has 0 spiro atoms. The predicted molar refractivity (Wildman–Crippen MR) is 328 cm³/mol. The van der Waals surface area contributed by atoms with Crippen molar-refractivity contribution >= 4 is 170 Å².